The number of hydrogen-bond acceptors (Lipinski definition) is 2. The molecule has 0 aromatic carbocycles. The molecular weight excluding hydrogens is 316 g/mol. The molecule has 1 saturated heterocycles. The van der Waals surface area contributed by atoms with Crippen molar-refractivity contribution in [2.24, 2.45) is 0 Å². The van der Waals surface area contributed by atoms with Crippen molar-refractivity contribution >= 4 is 43.7 Å². The van der Waals surface area contributed by atoms with Gasteiger partial charge in [0.05, 0.1) is 0 Å². The van der Waals surface area contributed by atoms with Crippen LogP contribution < -0.4 is 10.6 Å². The fraction of sp³-hybridized carbons (Fsp3) is 0.750. The van der Waals surface area contributed by atoms with Crippen molar-refractivity contribution in [3.63, 3.8) is 0 Å². The number of rotatable bonds is 4. The summed E-state index contributed by atoms with van der Waals surface area (Å²) in [6.07, 6.45) is 1.25. The highest BCUT2D eigenvalue weighted by molar-refractivity contribution is 9.09. The van der Waals surface area contributed by atoms with Gasteiger partial charge in [-0.25, -0.2) is 0 Å². The van der Waals surface area contributed by atoms with E-state index in [4.69, 9.17) is 0 Å². The average molecular weight is 328 g/mol. The third-order valence-electron chi connectivity index (χ3n) is 2.06. The van der Waals surface area contributed by atoms with Crippen molar-refractivity contribution in [1.82, 2.24) is 10.6 Å². The Morgan fingerprint density at radius 2 is 1.29 bits per heavy atom. The number of carbonyl (C=O) groups excluding carboxylic acids is 2. The second-order valence-corrected chi connectivity index (χ2v) is 4.66. The van der Waals surface area contributed by atoms with Gasteiger partial charge >= 0.3 is 0 Å². The molecular formula is C8H12Br2N2O2. The summed E-state index contributed by atoms with van der Waals surface area (Å²) in [5.74, 6) is -0.176. The lowest BCUT2D eigenvalue weighted by molar-refractivity contribution is -0.136. The Kier molecular flexibility index (Phi) is 4.88. The Bertz CT molecular complexity index is 211. The van der Waals surface area contributed by atoms with Gasteiger partial charge in [0.1, 0.15) is 12.1 Å². The van der Waals surface area contributed by atoms with Crippen LogP contribution in [0.1, 0.15) is 12.8 Å². The van der Waals surface area contributed by atoms with Gasteiger partial charge in [-0.2, -0.15) is 0 Å². The predicted octanol–water partition coefficient (Wildman–Crippen LogP) is 0.540. The van der Waals surface area contributed by atoms with Crippen molar-refractivity contribution in [2.75, 3.05) is 10.7 Å². The van der Waals surface area contributed by atoms with Gasteiger partial charge in [0.2, 0.25) is 11.8 Å². The van der Waals surface area contributed by atoms with Crippen LogP contribution in [0.3, 0.4) is 0 Å². The summed E-state index contributed by atoms with van der Waals surface area (Å²) in [4.78, 5) is 22.9. The monoisotopic (exact) mass is 326 g/mol. The van der Waals surface area contributed by atoms with Crippen LogP contribution in [0.25, 0.3) is 0 Å². The first-order valence-corrected chi connectivity index (χ1v) is 6.66. The van der Waals surface area contributed by atoms with E-state index in [1.54, 1.807) is 0 Å². The molecule has 1 unspecified atom stereocenters. The predicted molar refractivity (Wildman–Crippen MR) is 60.7 cm³/mol. The summed E-state index contributed by atoms with van der Waals surface area (Å²) >= 11 is 6.48. The normalized spacial score (nSPS) is 27.0. The molecule has 1 aliphatic heterocycles. The lowest BCUT2D eigenvalue weighted by Crippen LogP contribution is -2.61. The summed E-state index contributed by atoms with van der Waals surface area (Å²) in [5.41, 5.74) is 0. The number of alkyl halides is 2. The number of hydrogen-bond donors (Lipinski definition) is 2. The zero-order valence-electron chi connectivity index (χ0n) is 7.56. The van der Waals surface area contributed by atoms with Gasteiger partial charge in [-0.3, -0.25) is 9.59 Å². The molecule has 2 atom stereocenters. The van der Waals surface area contributed by atoms with E-state index in [0.717, 1.165) is 0 Å². The van der Waals surface area contributed by atoms with Gasteiger partial charge in [0.25, 0.3) is 0 Å². The van der Waals surface area contributed by atoms with Crippen molar-refractivity contribution in [3.8, 4) is 0 Å². The molecule has 0 saturated carbocycles. The molecule has 1 aliphatic rings. The van der Waals surface area contributed by atoms with E-state index in [1.807, 2.05) is 0 Å². The van der Waals surface area contributed by atoms with Crippen LogP contribution in [0.2, 0.25) is 0 Å². The fourth-order valence-corrected chi connectivity index (χ4v) is 2.22. The third-order valence-corrected chi connectivity index (χ3v) is 2.98. The molecule has 1 rings (SSSR count). The Hall–Kier alpha value is -0.100. The van der Waals surface area contributed by atoms with E-state index in [1.165, 1.54) is 0 Å². The van der Waals surface area contributed by atoms with Crippen LogP contribution in [0.5, 0.6) is 0 Å². The Labute approximate surface area is 99.4 Å². The number of nitrogens with one attached hydrogen (secondary N) is 2. The van der Waals surface area contributed by atoms with Crippen LogP contribution in [0, 0.1) is 0 Å². The first-order chi connectivity index (χ1) is 6.69. The van der Waals surface area contributed by atoms with E-state index < -0.39 is 0 Å². The second kappa shape index (κ2) is 5.70. The molecule has 1 heterocycles. The lowest BCUT2D eigenvalue weighted by atomic mass is 10.1. The van der Waals surface area contributed by atoms with Gasteiger partial charge in [0.15, 0.2) is 0 Å². The molecule has 0 aromatic heterocycles. The number of amides is 2. The quantitative estimate of drug-likeness (QED) is 0.740. The smallest absolute Gasteiger partial charge is 0.243 e. The minimum Gasteiger partial charge on any atom is -0.342 e. The number of carbonyl (C=O) groups is 2. The topological polar surface area (TPSA) is 58.2 Å². The Balaban J connectivity index is 2.53. The maximum atomic E-state index is 11.5. The summed E-state index contributed by atoms with van der Waals surface area (Å²) < 4.78 is 0. The summed E-state index contributed by atoms with van der Waals surface area (Å²) in [5, 5.41) is 6.81. The van der Waals surface area contributed by atoms with Gasteiger partial charge in [0, 0.05) is 10.7 Å². The molecule has 0 spiro atoms. The zero-order valence-corrected chi connectivity index (χ0v) is 10.7. The van der Waals surface area contributed by atoms with E-state index in [0.29, 0.717) is 23.5 Å². The molecule has 2 N–H and O–H groups in total. The first-order valence-electron chi connectivity index (χ1n) is 4.41. The highest BCUT2D eigenvalue weighted by Crippen LogP contribution is 2.06. The van der Waals surface area contributed by atoms with E-state index >= 15 is 0 Å². The summed E-state index contributed by atoms with van der Waals surface area (Å²) in [6.45, 7) is 0. The largest absolute Gasteiger partial charge is 0.342 e. The summed E-state index contributed by atoms with van der Waals surface area (Å²) in [6, 6.07) is -0.762. The van der Waals surface area contributed by atoms with E-state index in [2.05, 4.69) is 42.5 Å². The van der Waals surface area contributed by atoms with Crippen molar-refractivity contribution in [3.05, 3.63) is 0 Å². The highest BCUT2D eigenvalue weighted by atomic mass is 79.9. The molecule has 0 radical (unpaired) electrons. The van der Waals surface area contributed by atoms with Gasteiger partial charge in [-0.1, -0.05) is 31.9 Å². The van der Waals surface area contributed by atoms with Crippen LogP contribution in [-0.4, -0.2) is 34.6 Å². The average Bonchev–Trinajstić information content (AvgIpc) is 2.14. The zero-order chi connectivity index (χ0) is 10.6. The van der Waals surface area contributed by atoms with Gasteiger partial charge < -0.3 is 10.6 Å². The molecule has 0 aromatic rings. The van der Waals surface area contributed by atoms with Crippen molar-refractivity contribution in [2.45, 2.75) is 24.9 Å². The number of halogens is 2. The van der Waals surface area contributed by atoms with E-state index in [9.17, 15) is 9.59 Å². The van der Waals surface area contributed by atoms with Crippen LogP contribution >= 0.6 is 31.9 Å². The van der Waals surface area contributed by atoms with Crippen LogP contribution in [0.4, 0.5) is 0 Å². The third kappa shape index (κ3) is 2.95. The molecule has 14 heavy (non-hydrogen) atoms. The number of piperazine rings is 1. The van der Waals surface area contributed by atoms with Crippen LogP contribution in [-0.2, 0) is 9.59 Å². The molecule has 6 heteroatoms. The molecule has 0 bridgehead atoms. The fourth-order valence-electron chi connectivity index (χ4n) is 1.30. The molecule has 0 aliphatic carbocycles. The Morgan fingerprint density at radius 3 is 1.57 bits per heavy atom. The minimum atomic E-state index is -0.381. The maximum Gasteiger partial charge on any atom is 0.243 e. The molecule has 80 valence electrons. The van der Waals surface area contributed by atoms with Gasteiger partial charge in [-0.05, 0) is 12.8 Å². The first kappa shape index (κ1) is 12.0. The SMILES string of the molecule is O=C1N[C@@H](CCBr)C(=O)NC1CCBr. The Morgan fingerprint density at radius 1 is 0.929 bits per heavy atom. The highest BCUT2D eigenvalue weighted by Gasteiger charge is 2.32. The van der Waals surface area contributed by atoms with Crippen molar-refractivity contribution < 1.29 is 9.59 Å². The molecule has 2 amide bonds. The lowest BCUT2D eigenvalue weighted by Gasteiger charge is -2.28. The standard InChI is InChI=1S/C8H12Br2N2O2/c9-3-1-5-7(13)12-6(2-4-10)8(14)11-5/h5-6H,1-4H2,(H,11,14)(H,12,13)/t5-,6?/m0/s1. The minimum absolute atomic E-state index is 0.0880. The maximum absolute atomic E-state index is 11.5. The summed E-state index contributed by atoms with van der Waals surface area (Å²) in [7, 11) is 0. The van der Waals surface area contributed by atoms with Gasteiger partial charge in [-0.15, -0.1) is 0 Å². The van der Waals surface area contributed by atoms with E-state index in [-0.39, 0.29) is 23.9 Å². The van der Waals surface area contributed by atoms with Crippen molar-refractivity contribution in [1.29, 1.82) is 0 Å². The van der Waals surface area contributed by atoms with Crippen LogP contribution in [0.15, 0.2) is 0 Å². The second-order valence-electron chi connectivity index (χ2n) is 3.08. The molecule has 1 fully saturated rings. The molecule has 4 nitrogen and oxygen atoms in total.